The molecule has 0 N–H and O–H groups in total. The Morgan fingerprint density at radius 3 is 2.53 bits per heavy atom. The molecule has 1 aromatic heterocycles. The first-order chi connectivity index (χ1) is 17.0. The number of carbonyl (C=O) groups excluding carboxylic acids is 2. The average Bonchev–Trinajstić information content (AvgIpc) is 3.16. The zero-order valence-electron chi connectivity index (χ0n) is 20.6. The summed E-state index contributed by atoms with van der Waals surface area (Å²) in [4.78, 5) is 28.9. The van der Waals surface area contributed by atoms with Crippen LogP contribution in [-0.2, 0) is 24.4 Å². The van der Waals surface area contributed by atoms with E-state index in [1.54, 1.807) is 25.1 Å². The molecule has 1 fully saturated rings. The van der Waals surface area contributed by atoms with Gasteiger partial charge in [-0.25, -0.2) is 0 Å². The van der Waals surface area contributed by atoms with Crippen LogP contribution in [0, 0.1) is 0 Å². The van der Waals surface area contributed by atoms with Gasteiger partial charge in [0.1, 0.15) is 5.75 Å². The van der Waals surface area contributed by atoms with Crippen LogP contribution in [0.25, 0.3) is 10.9 Å². The quantitative estimate of drug-likeness (QED) is 0.528. The number of rotatable bonds is 5. The third kappa shape index (κ3) is 4.90. The highest BCUT2D eigenvalue weighted by Crippen LogP contribution is 2.37. The zero-order valence-corrected chi connectivity index (χ0v) is 20.6. The number of morpholine rings is 1. The molecule has 1 atom stereocenters. The van der Waals surface area contributed by atoms with E-state index in [1.165, 1.54) is 17.0 Å². The molecular weight excluding hydrogens is 475 g/mol. The van der Waals surface area contributed by atoms with Gasteiger partial charge in [-0.2, -0.15) is 13.2 Å². The molecule has 0 radical (unpaired) electrons. The van der Waals surface area contributed by atoms with Crippen molar-refractivity contribution in [2.24, 2.45) is 7.05 Å². The number of methoxy groups -OCH3 is 1. The SMILES string of the molecule is COc1ccc(C(=O)N2CCOC[C@@H]2Cc2cn(C)c3ccc(C(=O)N(C)C)cc23)cc1C(F)(F)F. The number of nitrogens with zero attached hydrogens (tertiary/aromatic N) is 3. The number of amides is 2. The van der Waals surface area contributed by atoms with Crippen molar-refractivity contribution in [2.45, 2.75) is 18.6 Å². The molecule has 192 valence electrons. The van der Waals surface area contributed by atoms with Crippen LogP contribution in [0.5, 0.6) is 5.75 Å². The van der Waals surface area contributed by atoms with E-state index in [2.05, 4.69) is 0 Å². The van der Waals surface area contributed by atoms with Crippen molar-refractivity contribution in [3.63, 3.8) is 0 Å². The second-order valence-electron chi connectivity index (χ2n) is 9.04. The van der Waals surface area contributed by atoms with Crippen molar-refractivity contribution in [1.29, 1.82) is 0 Å². The van der Waals surface area contributed by atoms with E-state index in [0.717, 1.165) is 29.6 Å². The molecule has 7 nitrogen and oxygen atoms in total. The van der Waals surface area contributed by atoms with E-state index < -0.39 is 17.6 Å². The van der Waals surface area contributed by atoms with Crippen molar-refractivity contribution in [1.82, 2.24) is 14.4 Å². The highest BCUT2D eigenvalue weighted by atomic mass is 19.4. The topological polar surface area (TPSA) is 64.0 Å². The summed E-state index contributed by atoms with van der Waals surface area (Å²) in [5, 5.41) is 0.881. The van der Waals surface area contributed by atoms with Crippen molar-refractivity contribution in [3.8, 4) is 5.75 Å². The normalized spacial score (nSPS) is 16.3. The predicted octanol–water partition coefficient (Wildman–Crippen LogP) is 3.99. The van der Waals surface area contributed by atoms with Gasteiger partial charge in [0.05, 0.1) is 31.9 Å². The highest BCUT2D eigenvalue weighted by Gasteiger charge is 2.36. The highest BCUT2D eigenvalue weighted by molar-refractivity contribution is 5.99. The Bertz CT molecular complexity index is 1300. The maximum Gasteiger partial charge on any atom is 0.419 e. The Kier molecular flexibility index (Phi) is 6.99. The minimum atomic E-state index is -4.66. The Morgan fingerprint density at radius 1 is 1.14 bits per heavy atom. The Balaban J connectivity index is 1.66. The molecule has 3 aromatic rings. The zero-order chi connectivity index (χ0) is 26.2. The van der Waals surface area contributed by atoms with Crippen LogP contribution in [0.3, 0.4) is 0 Å². The first kappa shape index (κ1) is 25.6. The lowest BCUT2D eigenvalue weighted by Crippen LogP contribution is -2.49. The van der Waals surface area contributed by atoms with E-state index in [1.807, 2.05) is 29.9 Å². The number of carbonyl (C=O) groups is 2. The van der Waals surface area contributed by atoms with Gasteiger partial charge in [0.25, 0.3) is 11.8 Å². The Morgan fingerprint density at radius 2 is 1.86 bits per heavy atom. The second-order valence-corrected chi connectivity index (χ2v) is 9.04. The van der Waals surface area contributed by atoms with Crippen molar-refractivity contribution < 1.29 is 32.2 Å². The number of aryl methyl sites for hydroxylation is 1. The fourth-order valence-electron chi connectivity index (χ4n) is 4.60. The largest absolute Gasteiger partial charge is 0.496 e. The molecule has 0 unspecified atom stereocenters. The predicted molar refractivity (Wildman–Crippen MR) is 128 cm³/mol. The summed E-state index contributed by atoms with van der Waals surface area (Å²) in [6, 6.07) is 8.45. The first-order valence-corrected chi connectivity index (χ1v) is 11.4. The molecule has 1 aliphatic heterocycles. The fraction of sp³-hybridized carbons (Fsp3) is 0.385. The monoisotopic (exact) mass is 503 g/mol. The number of hydrogen-bond donors (Lipinski definition) is 0. The number of halogens is 3. The molecule has 10 heteroatoms. The van der Waals surface area contributed by atoms with Gasteiger partial charge in [-0.3, -0.25) is 9.59 Å². The van der Waals surface area contributed by atoms with Crippen LogP contribution >= 0.6 is 0 Å². The summed E-state index contributed by atoms with van der Waals surface area (Å²) in [5.41, 5.74) is 1.34. The first-order valence-electron chi connectivity index (χ1n) is 11.4. The molecule has 1 aliphatic rings. The minimum Gasteiger partial charge on any atom is -0.496 e. The van der Waals surface area contributed by atoms with Crippen molar-refractivity contribution in [3.05, 3.63) is 64.8 Å². The van der Waals surface area contributed by atoms with Gasteiger partial charge in [-0.15, -0.1) is 0 Å². The van der Waals surface area contributed by atoms with E-state index in [4.69, 9.17) is 9.47 Å². The van der Waals surface area contributed by atoms with Gasteiger partial charge in [-0.1, -0.05) is 0 Å². The smallest absolute Gasteiger partial charge is 0.419 e. The third-order valence-electron chi connectivity index (χ3n) is 6.42. The van der Waals surface area contributed by atoms with Crippen LogP contribution < -0.4 is 4.74 Å². The standard InChI is InChI=1S/C26H28F3N3O4/c1-30(2)24(33)16-5-7-22-20(12-16)18(14-31(22)3)11-19-15-36-10-9-32(19)25(34)17-6-8-23(35-4)21(13-17)26(27,28)29/h5-8,12-14,19H,9-11,15H2,1-4H3/t19-/m0/s1. The number of alkyl halides is 3. The summed E-state index contributed by atoms with van der Waals surface area (Å²) in [6.45, 7) is 0.800. The summed E-state index contributed by atoms with van der Waals surface area (Å²) in [7, 11) is 6.43. The molecular formula is C26H28F3N3O4. The third-order valence-corrected chi connectivity index (χ3v) is 6.42. The van der Waals surface area contributed by atoms with Gasteiger partial charge in [0, 0.05) is 55.9 Å². The van der Waals surface area contributed by atoms with Gasteiger partial charge < -0.3 is 23.8 Å². The van der Waals surface area contributed by atoms with Crippen LogP contribution in [0.1, 0.15) is 31.8 Å². The Labute approximate surface area is 207 Å². The van der Waals surface area contributed by atoms with Gasteiger partial charge in [0.15, 0.2) is 0 Å². The summed E-state index contributed by atoms with van der Waals surface area (Å²) < 4.78 is 53.0. The van der Waals surface area contributed by atoms with Gasteiger partial charge in [-0.05, 0) is 48.4 Å². The van der Waals surface area contributed by atoms with Crippen molar-refractivity contribution in [2.75, 3.05) is 41.0 Å². The summed E-state index contributed by atoms with van der Waals surface area (Å²) in [6.07, 6.45) is -2.29. The van der Waals surface area contributed by atoms with Crippen LogP contribution in [0.4, 0.5) is 13.2 Å². The molecule has 2 heterocycles. The van der Waals surface area contributed by atoms with E-state index in [0.29, 0.717) is 18.6 Å². The molecule has 2 aromatic carbocycles. The Hall–Kier alpha value is -3.53. The number of hydrogen-bond acceptors (Lipinski definition) is 4. The van der Waals surface area contributed by atoms with Crippen molar-refractivity contribution >= 4 is 22.7 Å². The molecule has 1 saturated heterocycles. The van der Waals surface area contributed by atoms with Crippen LogP contribution in [0.15, 0.2) is 42.6 Å². The minimum absolute atomic E-state index is 0.0631. The molecule has 0 spiro atoms. The molecule has 0 bridgehead atoms. The van der Waals surface area contributed by atoms with Gasteiger partial charge >= 0.3 is 6.18 Å². The molecule has 0 aliphatic carbocycles. The maximum absolute atomic E-state index is 13.5. The van der Waals surface area contributed by atoms with E-state index in [9.17, 15) is 22.8 Å². The van der Waals surface area contributed by atoms with Gasteiger partial charge in [0.2, 0.25) is 0 Å². The lowest BCUT2D eigenvalue weighted by Gasteiger charge is -2.36. The lowest BCUT2D eigenvalue weighted by molar-refractivity contribution is -0.138. The molecule has 36 heavy (non-hydrogen) atoms. The maximum atomic E-state index is 13.5. The number of benzene rings is 2. The summed E-state index contributed by atoms with van der Waals surface area (Å²) >= 11 is 0. The second kappa shape index (κ2) is 9.85. The molecule has 0 saturated carbocycles. The fourth-order valence-corrected chi connectivity index (χ4v) is 4.60. The van der Waals surface area contributed by atoms with Crippen LogP contribution in [-0.4, -0.2) is 73.2 Å². The molecule has 2 amide bonds. The number of aromatic nitrogens is 1. The lowest BCUT2D eigenvalue weighted by atomic mass is 10.0. The van der Waals surface area contributed by atoms with E-state index in [-0.39, 0.29) is 36.4 Å². The number of fused-ring (bicyclic) bond motifs is 1. The van der Waals surface area contributed by atoms with Crippen LogP contribution in [0.2, 0.25) is 0 Å². The molecule has 4 rings (SSSR count). The van der Waals surface area contributed by atoms with E-state index >= 15 is 0 Å². The summed E-state index contributed by atoms with van der Waals surface area (Å²) in [5.74, 6) is -0.957. The number of ether oxygens (including phenoxy) is 2. The average molecular weight is 504 g/mol.